The van der Waals surface area contributed by atoms with E-state index < -0.39 is 0 Å². The Morgan fingerprint density at radius 1 is 0.833 bits per heavy atom. The first-order valence-electron chi connectivity index (χ1n) is 8.67. The zero-order valence-corrected chi connectivity index (χ0v) is 15.5. The molecule has 0 aromatic heterocycles. The molecule has 0 unspecified atom stereocenters. The zero-order chi connectivity index (χ0) is 16.1. The minimum Gasteiger partial charge on any atom is -0.493 e. The molecule has 0 amide bonds. The van der Waals surface area contributed by atoms with E-state index in [1.165, 1.54) is 61.7 Å². The molecule has 1 aliphatic rings. The van der Waals surface area contributed by atoms with Gasteiger partial charge in [0, 0.05) is 6.54 Å². The third-order valence-electron chi connectivity index (χ3n) is 4.82. The van der Waals surface area contributed by atoms with Crippen molar-refractivity contribution in [1.29, 1.82) is 0 Å². The van der Waals surface area contributed by atoms with Crippen molar-refractivity contribution in [2.45, 2.75) is 32.1 Å². The number of benzene rings is 2. The van der Waals surface area contributed by atoms with E-state index in [0.717, 1.165) is 17.9 Å². The Morgan fingerprint density at radius 3 is 2.08 bits per heavy atom. The van der Waals surface area contributed by atoms with Crippen molar-refractivity contribution in [2.75, 3.05) is 33.9 Å². The Hall–Kier alpha value is -1.45. The van der Waals surface area contributed by atoms with E-state index in [4.69, 9.17) is 9.47 Å². The van der Waals surface area contributed by atoms with Crippen LogP contribution in [-0.2, 0) is 6.42 Å². The quantitative estimate of drug-likeness (QED) is 0.781. The summed E-state index contributed by atoms with van der Waals surface area (Å²) in [6.45, 7) is 3.69. The molecule has 132 valence electrons. The Bertz CT molecular complexity index is 651. The first kappa shape index (κ1) is 18.9. The van der Waals surface area contributed by atoms with Crippen LogP contribution >= 0.6 is 12.4 Å². The molecule has 24 heavy (non-hydrogen) atoms. The molecule has 1 heterocycles. The van der Waals surface area contributed by atoms with Crippen molar-refractivity contribution >= 4 is 23.2 Å². The van der Waals surface area contributed by atoms with Crippen LogP contribution in [0.1, 0.15) is 31.2 Å². The van der Waals surface area contributed by atoms with Gasteiger partial charge in [0.15, 0.2) is 11.5 Å². The molecule has 3 nitrogen and oxygen atoms in total. The minimum atomic E-state index is 0. The summed E-state index contributed by atoms with van der Waals surface area (Å²) >= 11 is 0. The van der Waals surface area contributed by atoms with Crippen molar-refractivity contribution in [3.05, 3.63) is 35.9 Å². The van der Waals surface area contributed by atoms with Crippen LogP contribution in [0, 0.1) is 0 Å². The maximum Gasteiger partial charge on any atom is 0.161 e. The van der Waals surface area contributed by atoms with Crippen LogP contribution in [0.15, 0.2) is 30.3 Å². The predicted molar refractivity (Wildman–Crippen MR) is 103 cm³/mol. The van der Waals surface area contributed by atoms with E-state index in [2.05, 4.69) is 29.2 Å². The fourth-order valence-corrected chi connectivity index (χ4v) is 3.43. The summed E-state index contributed by atoms with van der Waals surface area (Å²) in [4.78, 5) is 2.62. The highest BCUT2D eigenvalue weighted by Gasteiger charge is 2.10. The molecule has 0 spiro atoms. The van der Waals surface area contributed by atoms with Gasteiger partial charge >= 0.3 is 0 Å². The van der Waals surface area contributed by atoms with Gasteiger partial charge in [0.2, 0.25) is 0 Å². The normalized spacial score (nSPS) is 15.6. The van der Waals surface area contributed by atoms with Gasteiger partial charge in [0.05, 0.1) is 14.2 Å². The molecule has 3 rings (SSSR count). The number of likely N-dealkylation sites (tertiary alicyclic amines) is 1. The highest BCUT2D eigenvalue weighted by atomic mass is 35.5. The molecule has 1 saturated heterocycles. The van der Waals surface area contributed by atoms with Gasteiger partial charge in [0.1, 0.15) is 0 Å². The van der Waals surface area contributed by atoms with Crippen molar-refractivity contribution in [3.8, 4) is 11.5 Å². The molecule has 0 saturated carbocycles. The van der Waals surface area contributed by atoms with Crippen LogP contribution in [-0.4, -0.2) is 38.8 Å². The number of hydrogen-bond donors (Lipinski definition) is 0. The minimum absolute atomic E-state index is 0. The maximum absolute atomic E-state index is 5.42. The molecule has 1 fully saturated rings. The van der Waals surface area contributed by atoms with Gasteiger partial charge in [0.25, 0.3) is 0 Å². The van der Waals surface area contributed by atoms with Gasteiger partial charge in [-0.25, -0.2) is 0 Å². The van der Waals surface area contributed by atoms with E-state index in [-0.39, 0.29) is 12.4 Å². The summed E-state index contributed by atoms with van der Waals surface area (Å²) in [5, 5.41) is 2.41. The van der Waals surface area contributed by atoms with E-state index in [0.29, 0.717) is 0 Å². The average molecular weight is 350 g/mol. The Kier molecular flexibility index (Phi) is 7.19. The lowest BCUT2D eigenvalue weighted by atomic mass is 10.0. The third-order valence-corrected chi connectivity index (χ3v) is 4.82. The van der Waals surface area contributed by atoms with E-state index in [1.54, 1.807) is 14.2 Å². The molecule has 2 aromatic rings. The van der Waals surface area contributed by atoms with Crippen molar-refractivity contribution in [3.63, 3.8) is 0 Å². The molecular formula is C20H28ClNO2. The first-order chi connectivity index (χ1) is 11.3. The molecular weight excluding hydrogens is 322 g/mol. The lowest BCUT2D eigenvalue weighted by molar-refractivity contribution is 0.289. The van der Waals surface area contributed by atoms with Gasteiger partial charge in [-0.15, -0.1) is 12.4 Å². The number of ether oxygens (including phenoxy) is 2. The van der Waals surface area contributed by atoms with Crippen molar-refractivity contribution < 1.29 is 9.47 Å². The van der Waals surface area contributed by atoms with Crippen LogP contribution in [0.3, 0.4) is 0 Å². The Labute approximate surface area is 151 Å². The molecule has 0 radical (unpaired) electrons. The molecule has 0 atom stereocenters. The highest BCUT2D eigenvalue weighted by molar-refractivity contribution is 5.86. The summed E-state index contributed by atoms with van der Waals surface area (Å²) in [6, 6.07) is 10.8. The summed E-state index contributed by atoms with van der Waals surface area (Å²) < 4.78 is 10.8. The zero-order valence-electron chi connectivity index (χ0n) is 14.7. The van der Waals surface area contributed by atoms with Crippen LogP contribution in [0.2, 0.25) is 0 Å². The predicted octanol–water partition coefficient (Wildman–Crippen LogP) is 4.70. The second kappa shape index (κ2) is 9.14. The summed E-state index contributed by atoms with van der Waals surface area (Å²) in [5.41, 5.74) is 1.40. The summed E-state index contributed by atoms with van der Waals surface area (Å²) in [7, 11) is 3.37. The number of methoxy groups -OCH3 is 2. The van der Waals surface area contributed by atoms with Gasteiger partial charge in [-0.05, 0) is 60.8 Å². The topological polar surface area (TPSA) is 21.7 Å². The molecule has 2 aromatic carbocycles. The number of nitrogens with zero attached hydrogens (tertiary/aromatic N) is 1. The lowest BCUT2D eigenvalue weighted by Crippen LogP contribution is -2.26. The van der Waals surface area contributed by atoms with Crippen molar-refractivity contribution in [2.24, 2.45) is 0 Å². The summed E-state index contributed by atoms with van der Waals surface area (Å²) in [6.07, 6.45) is 6.62. The van der Waals surface area contributed by atoms with Crippen LogP contribution < -0.4 is 9.47 Å². The molecule has 0 aliphatic carbocycles. The third kappa shape index (κ3) is 4.55. The first-order valence-corrected chi connectivity index (χ1v) is 8.67. The fourth-order valence-electron chi connectivity index (χ4n) is 3.43. The number of halogens is 1. The molecule has 4 heteroatoms. The van der Waals surface area contributed by atoms with Crippen molar-refractivity contribution in [1.82, 2.24) is 4.90 Å². The Balaban J connectivity index is 0.00000208. The fraction of sp³-hybridized carbons (Fsp3) is 0.500. The highest BCUT2D eigenvalue weighted by Crippen LogP contribution is 2.32. The van der Waals surface area contributed by atoms with Crippen LogP contribution in [0.4, 0.5) is 0 Å². The smallest absolute Gasteiger partial charge is 0.161 e. The van der Waals surface area contributed by atoms with Gasteiger partial charge in [-0.3, -0.25) is 0 Å². The van der Waals surface area contributed by atoms with Crippen LogP contribution in [0.25, 0.3) is 10.8 Å². The second-order valence-electron chi connectivity index (χ2n) is 6.39. The van der Waals surface area contributed by atoms with Crippen LogP contribution in [0.5, 0.6) is 11.5 Å². The monoisotopic (exact) mass is 349 g/mol. The van der Waals surface area contributed by atoms with Gasteiger partial charge in [-0.1, -0.05) is 31.0 Å². The number of fused-ring (bicyclic) bond motifs is 1. The SMILES string of the molecule is COc1cc2ccc(CCN3CCCCCC3)cc2cc1OC.Cl. The second-order valence-corrected chi connectivity index (χ2v) is 6.39. The van der Waals surface area contributed by atoms with E-state index in [9.17, 15) is 0 Å². The standard InChI is InChI=1S/C20H27NO2.ClH/c1-22-19-14-17-8-7-16(13-18(17)15-20(19)23-2)9-12-21-10-5-3-4-6-11-21;/h7-8,13-15H,3-6,9-12H2,1-2H3;1H. The number of hydrogen-bond acceptors (Lipinski definition) is 3. The van der Waals surface area contributed by atoms with E-state index >= 15 is 0 Å². The summed E-state index contributed by atoms with van der Waals surface area (Å²) in [5.74, 6) is 1.59. The Morgan fingerprint density at radius 2 is 1.46 bits per heavy atom. The maximum atomic E-state index is 5.42. The molecule has 0 bridgehead atoms. The van der Waals surface area contributed by atoms with Gasteiger partial charge in [-0.2, -0.15) is 0 Å². The molecule has 0 N–H and O–H groups in total. The molecule has 1 aliphatic heterocycles. The van der Waals surface area contributed by atoms with Gasteiger partial charge < -0.3 is 14.4 Å². The number of rotatable bonds is 5. The lowest BCUT2D eigenvalue weighted by Gasteiger charge is -2.19. The average Bonchev–Trinajstić information content (AvgIpc) is 2.87. The largest absolute Gasteiger partial charge is 0.493 e. The van der Waals surface area contributed by atoms with E-state index in [1.807, 2.05) is 6.07 Å².